The number of hydrogen-bond acceptors (Lipinski definition) is 5. The van der Waals surface area contributed by atoms with E-state index in [9.17, 15) is 9.59 Å². The molecule has 0 aliphatic carbocycles. The lowest BCUT2D eigenvalue weighted by Crippen LogP contribution is -2.11. The van der Waals surface area contributed by atoms with Crippen molar-refractivity contribution >= 4 is 23.3 Å². The van der Waals surface area contributed by atoms with Crippen molar-refractivity contribution in [1.29, 1.82) is 0 Å². The topological polar surface area (TPSA) is 94.5 Å². The van der Waals surface area contributed by atoms with Gasteiger partial charge in [0.05, 0.1) is 6.20 Å². The van der Waals surface area contributed by atoms with Crippen molar-refractivity contribution in [3.8, 4) is 17.2 Å². The lowest BCUT2D eigenvalue weighted by Gasteiger charge is -2.07. The van der Waals surface area contributed by atoms with Gasteiger partial charge in [-0.25, -0.2) is 4.98 Å². The number of amides is 2. The van der Waals surface area contributed by atoms with Gasteiger partial charge in [-0.1, -0.05) is 0 Å². The maximum Gasteiger partial charge on any atom is 0.255 e. The second-order valence-electron chi connectivity index (χ2n) is 5.92. The third kappa shape index (κ3) is 3.59. The van der Waals surface area contributed by atoms with Crippen LogP contribution in [0.15, 0.2) is 55.0 Å². The normalized spacial score (nSPS) is 11.9. The second kappa shape index (κ2) is 6.83. The number of nitrogens with zero attached hydrogens (tertiary/aromatic N) is 2. The summed E-state index contributed by atoms with van der Waals surface area (Å²) >= 11 is 0. The highest BCUT2D eigenvalue weighted by Crippen LogP contribution is 2.34. The van der Waals surface area contributed by atoms with Gasteiger partial charge in [0.15, 0.2) is 17.3 Å². The number of benzene rings is 2. The second-order valence-corrected chi connectivity index (χ2v) is 5.92. The van der Waals surface area contributed by atoms with E-state index >= 15 is 0 Å². The van der Waals surface area contributed by atoms with Gasteiger partial charge in [-0.15, -0.1) is 0 Å². The van der Waals surface area contributed by atoms with Gasteiger partial charge in [-0.3, -0.25) is 9.59 Å². The highest BCUT2D eigenvalue weighted by atomic mass is 16.7. The molecule has 8 nitrogen and oxygen atoms in total. The number of imidazole rings is 1. The number of carbonyl (C=O) groups excluding carboxylic acids is 2. The van der Waals surface area contributed by atoms with Crippen LogP contribution in [-0.4, -0.2) is 28.2 Å². The average Bonchev–Trinajstić information content (AvgIpc) is 3.30. The summed E-state index contributed by atoms with van der Waals surface area (Å²) in [6.07, 6.45) is 3.29. The molecule has 0 radical (unpaired) electrons. The number of hydrogen-bond donors (Lipinski definition) is 2. The minimum atomic E-state index is -0.231. The number of rotatable bonds is 4. The molecule has 0 saturated heterocycles. The molecule has 0 bridgehead atoms. The Bertz CT molecular complexity index is 1010. The molecule has 2 aromatic carbocycles. The Morgan fingerprint density at radius 2 is 1.81 bits per heavy atom. The summed E-state index contributed by atoms with van der Waals surface area (Å²) in [7, 11) is 0. The first-order valence-corrected chi connectivity index (χ1v) is 8.21. The number of nitrogens with one attached hydrogen (secondary N) is 2. The van der Waals surface area contributed by atoms with Gasteiger partial charge in [-0.2, -0.15) is 0 Å². The predicted molar refractivity (Wildman–Crippen MR) is 98.4 cm³/mol. The van der Waals surface area contributed by atoms with Crippen LogP contribution in [0, 0.1) is 0 Å². The average molecular weight is 364 g/mol. The monoisotopic (exact) mass is 364 g/mol. The lowest BCUT2D eigenvalue weighted by atomic mass is 10.2. The Labute approximate surface area is 154 Å². The lowest BCUT2D eigenvalue weighted by molar-refractivity contribution is -0.114. The SMILES string of the molecule is CC(=O)Nc1cn(-c2ccc(C(=O)Nc3ccc4c(c3)OCO4)cc2)cn1. The third-order valence-electron chi connectivity index (χ3n) is 3.94. The van der Waals surface area contributed by atoms with Crippen molar-refractivity contribution in [2.45, 2.75) is 6.92 Å². The van der Waals surface area contributed by atoms with Crippen molar-refractivity contribution < 1.29 is 19.1 Å². The van der Waals surface area contributed by atoms with Gasteiger partial charge in [-0.05, 0) is 36.4 Å². The van der Waals surface area contributed by atoms with E-state index in [-0.39, 0.29) is 18.6 Å². The highest BCUT2D eigenvalue weighted by molar-refractivity contribution is 6.04. The minimum Gasteiger partial charge on any atom is -0.454 e. The Morgan fingerprint density at radius 1 is 1.04 bits per heavy atom. The molecular formula is C19H16N4O4. The Kier molecular flexibility index (Phi) is 4.21. The van der Waals surface area contributed by atoms with E-state index < -0.39 is 0 Å². The summed E-state index contributed by atoms with van der Waals surface area (Å²) in [5.74, 6) is 1.32. The molecule has 0 unspecified atom stereocenters. The van der Waals surface area contributed by atoms with Crippen molar-refractivity contribution in [3.05, 3.63) is 60.6 Å². The molecule has 1 aliphatic heterocycles. The van der Waals surface area contributed by atoms with Gasteiger partial charge in [0.1, 0.15) is 6.33 Å². The molecule has 0 atom stereocenters. The minimum absolute atomic E-state index is 0.184. The van der Waals surface area contributed by atoms with Crippen LogP contribution >= 0.6 is 0 Å². The fourth-order valence-corrected chi connectivity index (χ4v) is 2.67. The van der Waals surface area contributed by atoms with E-state index in [0.717, 1.165) is 5.69 Å². The van der Waals surface area contributed by atoms with Gasteiger partial charge < -0.3 is 24.7 Å². The van der Waals surface area contributed by atoms with Crippen molar-refractivity contribution in [1.82, 2.24) is 9.55 Å². The Balaban J connectivity index is 1.46. The van der Waals surface area contributed by atoms with E-state index in [2.05, 4.69) is 15.6 Å². The fourth-order valence-electron chi connectivity index (χ4n) is 2.67. The van der Waals surface area contributed by atoms with E-state index in [1.807, 2.05) is 0 Å². The van der Waals surface area contributed by atoms with Crippen LogP contribution in [-0.2, 0) is 4.79 Å². The van der Waals surface area contributed by atoms with E-state index in [4.69, 9.17) is 9.47 Å². The summed E-state index contributed by atoms with van der Waals surface area (Å²) in [5.41, 5.74) is 1.96. The zero-order chi connectivity index (χ0) is 18.8. The van der Waals surface area contributed by atoms with Gasteiger partial charge >= 0.3 is 0 Å². The van der Waals surface area contributed by atoms with Gasteiger partial charge in [0, 0.05) is 29.9 Å². The van der Waals surface area contributed by atoms with Crippen LogP contribution in [0.4, 0.5) is 11.5 Å². The Morgan fingerprint density at radius 3 is 2.59 bits per heavy atom. The first kappa shape index (κ1) is 16.6. The maximum absolute atomic E-state index is 12.4. The van der Waals surface area contributed by atoms with Crippen molar-refractivity contribution in [3.63, 3.8) is 0 Å². The number of carbonyl (C=O) groups is 2. The molecule has 0 fully saturated rings. The molecule has 2 amide bonds. The van der Waals surface area contributed by atoms with Gasteiger partial charge in [0.25, 0.3) is 5.91 Å². The number of anilines is 2. The molecule has 8 heteroatoms. The van der Waals surface area contributed by atoms with Crippen LogP contribution in [0.1, 0.15) is 17.3 Å². The molecule has 2 N–H and O–H groups in total. The van der Waals surface area contributed by atoms with E-state index in [1.54, 1.807) is 59.6 Å². The number of ether oxygens (including phenoxy) is 2. The van der Waals surface area contributed by atoms with E-state index in [1.165, 1.54) is 6.92 Å². The molecule has 0 spiro atoms. The summed E-state index contributed by atoms with van der Waals surface area (Å²) in [5, 5.41) is 5.45. The zero-order valence-corrected chi connectivity index (χ0v) is 14.4. The summed E-state index contributed by atoms with van der Waals surface area (Å²) in [4.78, 5) is 27.6. The Hall–Kier alpha value is -3.81. The number of fused-ring (bicyclic) bond motifs is 1. The number of aromatic nitrogens is 2. The molecule has 3 aromatic rings. The van der Waals surface area contributed by atoms with Crippen LogP contribution in [0.5, 0.6) is 11.5 Å². The zero-order valence-electron chi connectivity index (χ0n) is 14.4. The highest BCUT2D eigenvalue weighted by Gasteiger charge is 2.14. The summed E-state index contributed by atoms with van der Waals surface area (Å²) in [6.45, 7) is 1.61. The largest absolute Gasteiger partial charge is 0.454 e. The molecule has 27 heavy (non-hydrogen) atoms. The van der Waals surface area contributed by atoms with Crippen LogP contribution in [0.25, 0.3) is 5.69 Å². The third-order valence-corrected chi connectivity index (χ3v) is 3.94. The van der Waals surface area contributed by atoms with Gasteiger partial charge in [0.2, 0.25) is 12.7 Å². The first-order valence-electron chi connectivity index (χ1n) is 8.21. The molecule has 4 rings (SSSR count). The quantitative estimate of drug-likeness (QED) is 0.742. The molecule has 136 valence electrons. The molecule has 1 aromatic heterocycles. The van der Waals surface area contributed by atoms with Crippen molar-refractivity contribution in [2.75, 3.05) is 17.4 Å². The maximum atomic E-state index is 12.4. The van der Waals surface area contributed by atoms with Crippen molar-refractivity contribution in [2.24, 2.45) is 0 Å². The standard InChI is InChI=1S/C19H16N4O4/c1-12(24)21-18-9-23(10-20-18)15-5-2-13(3-6-15)19(25)22-14-4-7-16-17(8-14)27-11-26-16/h2-10H,11H2,1H3,(H,21,24)(H,22,25). The summed E-state index contributed by atoms with van der Waals surface area (Å²) < 4.78 is 12.3. The van der Waals surface area contributed by atoms with E-state index in [0.29, 0.717) is 28.6 Å². The first-order chi connectivity index (χ1) is 13.1. The summed E-state index contributed by atoms with van der Waals surface area (Å²) in [6, 6.07) is 12.3. The van der Waals surface area contributed by atoms with Crippen LogP contribution in [0.3, 0.4) is 0 Å². The molecular weight excluding hydrogens is 348 g/mol. The fraction of sp³-hybridized carbons (Fsp3) is 0.105. The van der Waals surface area contributed by atoms with Crippen LogP contribution in [0.2, 0.25) is 0 Å². The smallest absolute Gasteiger partial charge is 0.255 e. The molecule has 2 heterocycles. The predicted octanol–water partition coefficient (Wildman–Crippen LogP) is 2.81. The van der Waals surface area contributed by atoms with Crippen LogP contribution < -0.4 is 20.1 Å². The molecule has 1 aliphatic rings. The molecule has 0 saturated carbocycles.